The first-order valence-corrected chi connectivity index (χ1v) is 29.4. The first-order valence-electron chi connectivity index (χ1n) is 34.9. The Hall–Kier alpha value is -7.98. The summed E-state index contributed by atoms with van der Waals surface area (Å²) in [6.45, 7) is 28.7. The van der Waals surface area contributed by atoms with E-state index in [9.17, 15) is 9.60 Å². The molecule has 0 saturated heterocycles. The van der Waals surface area contributed by atoms with Crippen molar-refractivity contribution in [1.29, 1.82) is 0 Å². The summed E-state index contributed by atoms with van der Waals surface area (Å²) in [7, 11) is 0. The number of pyridine rings is 1. The smallest absolute Gasteiger partial charge is 0.135 e. The molecular formula is C80H77N4OPt-3. The molecule has 0 N–H and O–H groups in total. The van der Waals surface area contributed by atoms with Gasteiger partial charge in [-0.1, -0.05) is 217 Å². The molecule has 0 amide bonds. The summed E-state index contributed by atoms with van der Waals surface area (Å²) in [4.78, 5) is 8.89. The van der Waals surface area contributed by atoms with Crippen molar-refractivity contribution in [3.63, 3.8) is 0 Å². The van der Waals surface area contributed by atoms with Crippen molar-refractivity contribution in [3.8, 4) is 61.8 Å². The first-order chi connectivity index (χ1) is 45.1. The second-order valence-corrected chi connectivity index (χ2v) is 27.2. The maximum Gasteiger partial charge on any atom is 0.135 e. The Morgan fingerprint density at radius 1 is 0.523 bits per heavy atom. The van der Waals surface area contributed by atoms with E-state index in [0.29, 0.717) is 78.8 Å². The zero-order valence-corrected chi connectivity index (χ0v) is 53.5. The topological polar surface area (TPSA) is 33.5 Å². The summed E-state index contributed by atoms with van der Waals surface area (Å²) < 4.78 is 114. The first kappa shape index (κ1) is 46.3. The molecular weight excluding hydrogens is 1230 g/mol. The van der Waals surface area contributed by atoms with Gasteiger partial charge < -0.3 is 19.1 Å². The molecule has 2 aliphatic rings. The Labute approximate surface area is 540 Å². The van der Waals surface area contributed by atoms with Crippen LogP contribution < -0.4 is 14.5 Å². The second-order valence-electron chi connectivity index (χ2n) is 27.2. The Kier molecular flexibility index (Phi) is 11.7. The Morgan fingerprint density at radius 3 is 1.83 bits per heavy atom. The molecule has 2 aromatic heterocycles. The number of aromatic nitrogens is 2. The van der Waals surface area contributed by atoms with E-state index in [0.717, 1.165) is 51.5 Å². The maximum atomic E-state index is 10.5. The zero-order valence-electron chi connectivity index (χ0n) is 62.2. The number of anilines is 4. The molecule has 13 rings (SSSR count). The molecule has 436 valence electrons. The van der Waals surface area contributed by atoms with Crippen molar-refractivity contribution in [2.24, 2.45) is 0 Å². The van der Waals surface area contributed by atoms with Gasteiger partial charge in [-0.2, -0.15) is 12.1 Å². The molecule has 1 aliphatic carbocycles. The molecule has 0 radical (unpaired) electrons. The summed E-state index contributed by atoms with van der Waals surface area (Å²) in [6.07, 6.45) is 3.20. The van der Waals surface area contributed by atoms with Gasteiger partial charge >= 0.3 is 0 Å². The molecule has 6 heteroatoms. The van der Waals surface area contributed by atoms with Crippen LogP contribution in [0.5, 0.6) is 11.5 Å². The van der Waals surface area contributed by atoms with Gasteiger partial charge in [-0.3, -0.25) is 0 Å². The summed E-state index contributed by atoms with van der Waals surface area (Å²) in [5, 5.41) is 1.86. The summed E-state index contributed by atoms with van der Waals surface area (Å²) >= 11 is 0. The average Bonchev–Trinajstić information content (AvgIpc) is 1.10. The van der Waals surface area contributed by atoms with Crippen LogP contribution in [-0.4, -0.2) is 9.55 Å². The number of hydrogen-bond acceptors (Lipinski definition) is 4. The zero-order chi connectivity index (χ0) is 68.9. The third-order valence-electron chi connectivity index (χ3n) is 17.1. The fraction of sp³-hybridized carbons (Fsp3) is 0.250. The SMILES string of the molecule is [2H]c1c([2H])c([2H])c(C(C)(C)C)c(-c2ccc(-n3c4[c-]c(Oc5[c-]c(N6[CH-]N(c7c(-c8c([2H])c([2H])c(-c9ccc(C(C)(C)C)cc9)c([2H])c8[2H])cc(C(C)(C)C)cc7-c7c([2H])c([2H])c8c(c7[2H])C(C)(C)CCC8(C)C)c7ccccc76)ccc5)ccc4c4ccccc43)nc2)c1[2H].[Pt]. The number of ether oxygens (including phenoxy) is 1. The fourth-order valence-electron chi connectivity index (χ4n) is 12.0. The molecule has 0 unspecified atom stereocenters. The third kappa shape index (κ3) is 10.7. The fourth-order valence-corrected chi connectivity index (χ4v) is 12.0. The molecule has 1 aliphatic heterocycles. The van der Waals surface area contributed by atoms with Crippen LogP contribution in [-0.2, 0) is 48.1 Å². The van der Waals surface area contributed by atoms with Crippen molar-refractivity contribution >= 4 is 44.6 Å². The van der Waals surface area contributed by atoms with Crippen LogP contribution in [0.15, 0.2) is 200 Å². The molecule has 9 aromatic carbocycles. The third-order valence-corrected chi connectivity index (χ3v) is 17.1. The number of fused-ring (bicyclic) bond motifs is 5. The van der Waals surface area contributed by atoms with E-state index < -0.39 is 21.7 Å². The molecule has 11 aromatic rings. The Morgan fingerprint density at radius 2 is 1.14 bits per heavy atom. The molecule has 0 saturated carbocycles. The van der Waals surface area contributed by atoms with Gasteiger partial charge in [-0.25, -0.2) is 4.98 Å². The predicted molar refractivity (Wildman–Crippen MR) is 357 cm³/mol. The van der Waals surface area contributed by atoms with E-state index in [-0.39, 0.29) is 110 Å². The molecule has 5 nitrogen and oxygen atoms in total. The Bertz CT molecular complexity index is 5010. The molecule has 0 spiro atoms. The van der Waals surface area contributed by atoms with Crippen LogP contribution in [0.2, 0.25) is 0 Å². The van der Waals surface area contributed by atoms with Crippen molar-refractivity contribution in [2.75, 3.05) is 9.80 Å². The maximum absolute atomic E-state index is 10.5. The van der Waals surface area contributed by atoms with Crippen LogP contribution in [0.3, 0.4) is 0 Å². The number of rotatable bonds is 9. The van der Waals surface area contributed by atoms with Crippen molar-refractivity contribution in [1.82, 2.24) is 9.55 Å². The normalized spacial score (nSPS) is 16.5. The van der Waals surface area contributed by atoms with E-state index in [1.54, 1.807) is 6.20 Å². The standard InChI is InChI=1S/C80H77N4O.Pt/c1-76(2,3)57-37-33-53(34-38-57)52-29-31-54(32-30-52)65-46-58(77(4,5)6)47-66(55-35-41-68-69(45-55)80(12,13)44-43-79(68,10)11)75(65)83-51-82(71-27-18-19-28-72(71)83)59-21-20-22-60(48-59)85-61-39-40-64-63-24-15-17-26-70(63)84(73(64)49-61)74-42-36-56(50-81-74)62-23-14-16-25-67(62)78(7,8)9;/h14-42,45-47,50-51H,43-44H2,1-13H3;/q-3;/i14D,16D,23D,25D,29D,30D,31D,32D,35D,41D,45D;. The predicted octanol–water partition coefficient (Wildman–Crippen LogP) is 21.9. The van der Waals surface area contributed by atoms with Gasteiger partial charge in [0.05, 0.1) is 15.1 Å². The monoisotopic (exact) mass is 1320 g/mol. The number of hydrogen-bond donors (Lipinski definition) is 0. The van der Waals surface area contributed by atoms with Crippen molar-refractivity contribution in [2.45, 2.75) is 130 Å². The largest absolute Gasteiger partial charge is 0.509 e. The minimum atomic E-state index is -0.601. The van der Waals surface area contributed by atoms with E-state index in [2.05, 4.69) is 81.4 Å². The summed E-state index contributed by atoms with van der Waals surface area (Å²) in [5.41, 5.74) is 8.13. The van der Waals surface area contributed by atoms with Crippen LogP contribution in [0.25, 0.3) is 72.1 Å². The Balaban J connectivity index is 0.00000897. The number of benzene rings is 9. The number of para-hydroxylation sites is 3. The minimum Gasteiger partial charge on any atom is -0.509 e. The molecule has 0 atom stereocenters. The van der Waals surface area contributed by atoms with Gasteiger partial charge in [0.1, 0.15) is 5.82 Å². The molecule has 3 heterocycles. The average molecular weight is 1320 g/mol. The molecule has 86 heavy (non-hydrogen) atoms. The van der Waals surface area contributed by atoms with Gasteiger partial charge in [-0.05, 0) is 143 Å². The van der Waals surface area contributed by atoms with Gasteiger partial charge in [0.15, 0.2) is 0 Å². The molecule has 0 bridgehead atoms. The van der Waals surface area contributed by atoms with Gasteiger partial charge in [-0.15, -0.1) is 48.1 Å². The van der Waals surface area contributed by atoms with E-state index in [1.807, 2.05) is 169 Å². The van der Waals surface area contributed by atoms with E-state index in [4.69, 9.17) is 15.2 Å². The van der Waals surface area contributed by atoms with E-state index >= 15 is 0 Å². The van der Waals surface area contributed by atoms with Crippen LogP contribution >= 0.6 is 0 Å². The summed E-state index contributed by atoms with van der Waals surface area (Å²) in [6, 6.07) is 46.1. The van der Waals surface area contributed by atoms with E-state index in [1.165, 1.54) is 0 Å². The summed E-state index contributed by atoms with van der Waals surface area (Å²) in [5.74, 6) is 1.32. The van der Waals surface area contributed by atoms with Gasteiger partial charge in [0, 0.05) is 78.0 Å². The van der Waals surface area contributed by atoms with Crippen LogP contribution in [0.4, 0.5) is 22.7 Å². The second kappa shape index (κ2) is 21.8. The van der Waals surface area contributed by atoms with Crippen LogP contribution in [0, 0.1) is 18.8 Å². The van der Waals surface area contributed by atoms with Crippen molar-refractivity contribution < 1.29 is 40.9 Å². The number of nitrogens with zero attached hydrogens (tertiary/aromatic N) is 4. The van der Waals surface area contributed by atoms with Gasteiger partial charge in [0.25, 0.3) is 0 Å². The van der Waals surface area contributed by atoms with Crippen molar-refractivity contribution in [3.05, 3.63) is 247 Å². The molecule has 0 fully saturated rings. The minimum absolute atomic E-state index is 0. The quantitative estimate of drug-likeness (QED) is 0.135. The van der Waals surface area contributed by atoms with Crippen LogP contribution in [0.1, 0.15) is 146 Å². The van der Waals surface area contributed by atoms with Gasteiger partial charge in [0.2, 0.25) is 0 Å².